The van der Waals surface area contributed by atoms with Crippen LogP contribution in [0.4, 0.5) is 29.3 Å². The van der Waals surface area contributed by atoms with Crippen LogP contribution in [0.3, 0.4) is 0 Å². The number of anilines is 1. The maximum atomic E-state index is 14.6. The molecule has 15 heteroatoms. The maximum Gasteiger partial charge on any atom is 0.417 e. The summed E-state index contributed by atoms with van der Waals surface area (Å²) in [7, 11) is 5.21. The van der Waals surface area contributed by atoms with Gasteiger partial charge in [0.25, 0.3) is 5.91 Å². The number of amides is 5. The van der Waals surface area contributed by atoms with Crippen LogP contribution in [0.5, 0.6) is 0 Å². The Hall–Kier alpha value is -4.50. The molecule has 5 amide bonds. The first-order valence-corrected chi connectivity index (χ1v) is 15.3. The van der Waals surface area contributed by atoms with Crippen LogP contribution in [-0.2, 0) is 39.6 Å². The first-order valence-electron chi connectivity index (χ1n) is 15.3. The number of ether oxygens (including phenoxy) is 6. The SMILES string of the molecule is COC(=O)NC(=O)O[C@H]1CC/C=C(\C)C(=O)Nc2cc(F)cc(c2)C[C@@H](C)C[C@H](OC)[C@H](OC)[C@@H](C)/C=C(\C)[C@@H]1OC(=O)NC(=O)OC. The number of alkyl carbamates (subject to hydrolysis) is 4. The fraction of sp³-hybridized carbons (Fsp3) is 0.545. The van der Waals surface area contributed by atoms with Crippen molar-refractivity contribution in [3.05, 3.63) is 52.9 Å². The third-order valence-corrected chi connectivity index (χ3v) is 7.74. The molecular formula is C33H46FN3O11. The summed E-state index contributed by atoms with van der Waals surface area (Å²) in [5.74, 6) is -1.35. The monoisotopic (exact) mass is 679 g/mol. The Morgan fingerprint density at radius 1 is 0.854 bits per heavy atom. The van der Waals surface area contributed by atoms with Crippen molar-refractivity contribution >= 4 is 36.0 Å². The van der Waals surface area contributed by atoms with Gasteiger partial charge in [0.1, 0.15) is 11.9 Å². The Balaban J connectivity index is 2.65. The number of fused-ring (bicyclic) bond motifs is 2. The summed E-state index contributed by atoms with van der Waals surface area (Å²) in [6.07, 6.45) is -3.61. The second-order valence-electron chi connectivity index (χ2n) is 11.6. The third kappa shape index (κ3) is 12.6. The predicted molar refractivity (Wildman–Crippen MR) is 172 cm³/mol. The molecule has 0 fully saturated rings. The molecule has 0 unspecified atom stereocenters. The van der Waals surface area contributed by atoms with Crippen molar-refractivity contribution in [2.75, 3.05) is 33.8 Å². The molecule has 2 rings (SSSR count). The Kier molecular flexibility index (Phi) is 16.0. The molecule has 1 aromatic rings. The minimum atomic E-state index is -1.30. The zero-order chi connectivity index (χ0) is 36.0. The van der Waals surface area contributed by atoms with Crippen LogP contribution >= 0.6 is 0 Å². The van der Waals surface area contributed by atoms with Gasteiger partial charge in [-0.25, -0.2) is 34.2 Å². The lowest BCUT2D eigenvalue weighted by Gasteiger charge is -2.32. The lowest BCUT2D eigenvalue weighted by Crippen LogP contribution is -2.43. The molecule has 1 heterocycles. The summed E-state index contributed by atoms with van der Waals surface area (Å²) in [4.78, 5) is 61.9. The minimum absolute atomic E-state index is 0.00291. The highest BCUT2D eigenvalue weighted by Gasteiger charge is 2.34. The van der Waals surface area contributed by atoms with Crippen molar-refractivity contribution < 1.29 is 56.8 Å². The van der Waals surface area contributed by atoms with E-state index in [0.29, 0.717) is 24.0 Å². The first kappa shape index (κ1) is 39.7. The number of allylic oxidation sites excluding steroid dienone is 1. The topological polar surface area (TPSA) is 177 Å². The normalized spacial score (nSPS) is 26.3. The number of hydrogen-bond donors (Lipinski definition) is 3. The molecular weight excluding hydrogens is 633 g/mol. The van der Waals surface area contributed by atoms with Crippen LogP contribution < -0.4 is 16.0 Å². The Morgan fingerprint density at radius 2 is 1.48 bits per heavy atom. The van der Waals surface area contributed by atoms with Crippen molar-refractivity contribution in [3.8, 4) is 0 Å². The van der Waals surface area contributed by atoms with Crippen molar-refractivity contribution in [3.63, 3.8) is 0 Å². The summed E-state index contributed by atoms with van der Waals surface area (Å²) in [5.41, 5.74) is 1.66. The second-order valence-corrected chi connectivity index (χ2v) is 11.6. The first-order chi connectivity index (χ1) is 22.7. The number of rotatable bonds is 4. The number of carbonyl (C=O) groups is 5. The Labute approximate surface area is 279 Å². The number of methoxy groups -OCH3 is 4. The molecule has 48 heavy (non-hydrogen) atoms. The van der Waals surface area contributed by atoms with E-state index in [-0.39, 0.29) is 35.9 Å². The van der Waals surface area contributed by atoms with E-state index < -0.39 is 60.5 Å². The molecule has 1 aromatic carbocycles. The highest BCUT2D eigenvalue weighted by atomic mass is 19.1. The standard InChI is InChI=1S/C33H46FN3O11/c1-18-12-22-15-23(34)17-24(16-22)35-29(38)19(2)10-9-11-25(47-32(41)36-30(39)45-7)28(48-33(42)37-31(40)46-8)21(4)14-20(3)27(44-6)26(13-18)43-5/h10,14-18,20,25-28H,9,11-13H2,1-8H3,(H,35,38)(H,36,39,41)(H,37,40,42)/b19-10+,21-14+/t18-,20+,25+,26+,27-,28+/m1/s1. The van der Waals surface area contributed by atoms with E-state index >= 15 is 0 Å². The number of carbonyl (C=O) groups excluding carboxylic acids is 5. The van der Waals surface area contributed by atoms with Crippen LogP contribution in [0, 0.1) is 17.7 Å². The Morgan fingerprint density at radius 3 is 2.06 bits per heavy atom. The number of imide groups is 2. The van der Waals surface area contributed by atoms with E-state index in [1.54, 1.807) is 39.2 Å². The minimum Gasteiger partial charge on any atom is -0.453 e. The van der Waals surface area contributed by atoms with E-state index in [4.69, 9.17) is 18.9 Å². The number of hydrogen-bond acceptors (Lipinski definition) is 11. The molecule has 266 valence electrons. The van der Waals surface area contributed by atoms with Gasteiger partial charge >= 0.3 is 24.4 Å². The molecule has 0 radical (unpaired) electrons. The Bertz CT molecular complexity index is 1370. The smallest absolute Gasteiger partial charge is 0.417 e. The van der Waals surface area contributed by atoms with Gasteiger partial charge in [-0.2, -0.15) is 0 Å². The number of benzene rings is 1. The highest BCUT2D eigenvalue weighted by molar-refractivity contribution is 6.03. The molecule has 0 aromatic heterocycles. The van der Waals surface area contributed by atoms with Gasteiger partial charge in [-0.15, -0.1) is 0 Å². The van der Waals surface area contributed by atoms with Crippen molar-refractivity contribution in [1.82, 2.24) is 10.6 Å². The van der Waals surface area contributed by atoms with Gasteiger partial charge < -0.3 is 33.7 Å². The van der Waals surface area contributed by atoms with Crippen molar-refractivity contribution in [1.29, 1.82) is 0 Å². The van der Waals surface area contributed by atoms with Gasteiger partial charge in [0.2, 0.25) is 0 Å². The average Bonchev–Trinajstić information content (AvgIpc) is 3.01. The molecule has 0 saturated carbocycles. The summed E-state index contributed by atoms with van der Waals surface area (Å²) in [6, 6.07) is 4.37. The van der Waals surface area contributed by atoms with Crippen LogP contribution in [-0.4, -0.2) is 83.1 Å². The highest BCUT2D eigenvalue weighted by Crippen LogP contribution is 2.28. The maximum absolute atomic E-state index is 14.6. The fourth-order valence-electron chi connectivity index (χ4n) is 5.50. The van der Waals surface area contributed by atoms with Gasteiger partial charge in [-0.3, -0.25) is 4.79 Å². The molecule has 0 aliphatic carbocycles. The number of halogens is 1. The summed E-state index contributed by atoms with van der Waals surface area (Å²) in [5, 5.41) is 6.51. The molecule has 6 atom stereocenters. The van der Waals surface area contributed by atoms with Gasteiger partial charge in [0.15, 0.2) is 6.10 Å². The molecule has 0 spiro atoms. The van der Waals surface area contributed by atoms with E-state index in [1.165, 1.54) is 19.2 Å². The van der Waals surface area contributed by atoms with E-state index in [1.807, 2.05) is 24.5 Å². The summed E-state index contributed by atoms with van der Waals surface area (Å²) >= 11 is 0. The average molecular weight is 680 g/mol. The number of nitrogens with one attached hydrogen (secondary N) is 3. The molecule has 1 aliphatic rings. The van der Waals surface area contributed by atoms with Crippen LogP contribution in [0.1, 0.15) is 52.5 Å². The molecule has 3 N–H and O–H groups in total. The van der Waals surface area contributed by atoms with Gasteiger partial charge in [0, 0.05) is 31.4 Å². The van der Waals surface area contributed by atoms with Gasteiger partial charge in [-0.05, 0) is 74.8 Å². The van der Waals surface area contributed by atoms with Gasteiger partial charge in [-0.1, -0.05) is 26.0 Å². The van der Waals surface area contributed by atoms with E-state index in [2.05, 4.69) is 14.8 Å². The quantitative estimate of drug-likeness (QED) is 0.274. The molecule has 14 nitrogen and oxygen atoms in total. The van der Waals surface area contributed by atoms with Crippen molar-refractivity contribution in [2.24, 2.45) is 11.8 Å². The van der Waals surface area contributed by atoms with Crippen molar-refractivity contribution in [2.45, 2.75) is 77.8 Å². The van der Waals surface area contributed by atoms with Crippen LogP contribution in [0.25, 0.3) is 0 Å². The lowest BCUT2D eigenvalue weighted by atomic mass is 9.88. The van der Waals surface area contributed by atoms with E-state index in [0.717, 1.165) is 14.2 Å². The summed E-state index contributed by atoms with van der Waals surface area (Å²) in [6.45, 7) is 7.05. The molecule has 2 bridgehead atoms. The second kappa shape index (κ2) is 19.4. The summed E-state index contributed by atoms with van der Waals surface area (Å²) < 4.78 is 46.4. The van der Waals surface area contributed by atoms with Gasteiger partial charge in [0.05, 0.1) is 26.4 Å². The zero-order valence-corrected chi connectivity index (χ0v) is 28.5. The largest absolute Gasteiger partial charge is 0.453 e. The van der Waals surface area contributed by atoms with E-state index in [9.17, 15) is 28.4 Å². The lowest BCUT2D eigenvalue weighted by molar-refractivity contribution is -0.112. The third-order valence-electron chi connectivity index (χ3n) is 7.74. The fourth-order valence-corrected chi connectivity index (χ4v) is 5.50. The molecule has 1 aliphatic heterocycles. The van der Waals surface area contributed by atoms with Crippen LogP contribution in [0.15, 0.2) is 41.5 Å². The predicted octanol–water partition coefficient (Wildman–Crippen LogP) is 5.41. The zero-order valence-electron chi connectivity index (χ0n) is 28.5. The molecule has 0 saturated heterocycles. The van der Waals surface area contributed by atoms with Crippen LogP contribution in [0.2, 0.25) is 0 Å².